The summed E-state index contributed by atoms with van der Waals surface area (Å²) >= 11 is 2.54. The monoisotopic (exact) mass is 434 g/mol. The van der Waals surface area contributed by atoms with Crippen molar-refractivity contribution in [2.24, 2.45) is 0 Å². The Kier molecular flexibility index (Phi) is 16.7. The van der Waals surface area contributed by atoms with Crippen LogP contribution in [0.2, 0.25) is 0 Å². The average molecular weight is 435 g/mol. The summed E-state index contributed by atoms with van der Waals surface area (Å²) in [5.74, 6) is -1.74. The van der Waals surface area contributed by atoms with Crippen LogP contribution < -0.4 is 0 Å². The Labute approximate surface area is 162 Å². The Morgan fingerprint density at radius 1 is 0.680 bits per heavy atom. The Hall–Kier alpha value is 1.04. The zero-order valence-electron chi connectivity index (χ0n) is 16.2. The molecule has 0 saturated heterocycles. The lowest BCUT2D eigenvalue weighted by Crippen LogP contribution is -2.01. The van der Waals surface area contributed by atoms with E-state index in [1.807, 2.05) is 13.8 Å². The minimum atomic E-state index is -3.80. The molecule has 0 amide bonds. The second kappa shape index (κ2) is 16.0. The predicted octanol–water partition coefficient (Wildman–Crippen LogP) is 7.92. The van der Waals surface area contributed by atoms with E-state index in [-0.39, 0.29) is 0 Å². The van der Waals surface area contributed by atoms with E-state index in [4.69, 9.17) is 13.4 Å². The van der Waals surface area contributed by atoms with Crippen LogP contribution in [-0.4, -0.2) is 24.7 Å². The molecule has 0 aliphatic rings. The molecule has 0 unspecified atom stereocenters. The first-order valence-corrected chi connectivity index (χ1v) is 15.7. The Morgan fingerprint density at radius 3 is 1.44 bits per heavy atom. The highest BCUT2D eigenvalue weighted by Crippen LogP contribution is 2.78. The van der Waals surface area contributed by atoms with Gasteiger partial charge in [0.2, 0.25) is 0 Å². The molecule has 0 saturated carbocycles. The summed E-state index contributed by atoms with van der Waals surface area (Å²) in [6.07, 6.45) is 7.30. The van der Waals surface area contributed by atoms with Crippen molar-refractivity contribution in [2.75, 3.05) is 24.7 Å². The van der Waals surface area contributed by atoms with Gasteiger partial charge in [-0.1, -0.05) is 76.1 Å². The van der Waals surface area contributed by atoms with E-state index < -0.39 is 13.6 Å². The number of hydrogen-bond donors (Lipinski definition) is 0. The van der Waals surface area contributed by atoms with Crippen molar-refractivity contribution in [1.29, 1.82) is 0 Å². The third-order valence-corrected chi connectivity index (χ3v) is 13.5. The molecular formula is C16H36O5P2S2. The van der Waals surface area contributed by atoms with Crippen LogP contribution in [-0.2, 0) is 22.5 Å². The van der Waals surface area contributed by atoms with Gasteiger partial charge in [0.1, 0.15) is 0 Å². The first kappa shape index (κ1) is 26.0. The molecule has 0 aliphatic heterocycles. The fraction of sp³-hybridized carbons (Fsp3) is 1.00. The third-order valence-electron chi connectivity index (χ3n) is 3.19. The van der Waals surface area contributed by atoms with Gasteiger partial charge in [0.05, 0.1) is 13.2 Å². The van der Waals surface area contributed by atoms with Gasteiger partial charge in [-0.2, -0.15) is 0 Å². The number of rotatable bonds is 18. The summed E-state index contributed by atoms with van der Waals surface area (Å²) < 4.78 is 42.7. The predicted molar refractivity (Wildman–Crippen MR) is 113 cm³/mol. The quantitative estimate of drug-likeness (QED) is 0.160. The molecule has 0 bridgehead atoms. The van der Waals surface area contributed by atoms with Crippen LogP contribution in [0.3, 0.4) is 0 Å². The molecule has 152 valence electrons. The SMILES string of the molecule is CCCCOP(=O)(OCCCC)OP(=O)(SCCCC)SCCCC. The second-order valence-electron chi connectivity index (χ2n) is 5.72. The molecule has 0 heterocycles. The number of unbranched alkanes of at least 4 members (excludes halogenated alkanes) is 4. The summed E-state index contributed by atoms with van der Waals surface area (Å²) in [6, 6.07) is 0. The second-order valence-corrected chi connectivity index (χ2v) is 15.1. The van der Waals surface area contributed by atoms with E-state index in [0.29, 0.717) is 13.2 Å². The van der Waals surface area contributed by atoms with Gasteiger partial charge in [-0.05, 0) is 25.7 Å². The summed E-state index contributed by atoms with van der Waals surface area (Å²) in [6.45, 7) is 8.81. The highest BCUT2D eigenvalue weighted by Gasteiger charge is 2.38. The smallest absolute Gasteiger partial charge is 0.287 e. The van der Waals surface area contributed by atoms with E-state index in [2.05, 4.69) is 13.8 Å². The minimum Gasteiger partial charge on any atom is -0.287 e. The van der Waals surface area contributed by atoms with E-state index in [9.17, 15) is 9.13 Å². The molecule has 0 rings (SSSR count). The van der Waals surface area contributed by atoms with Gasteiger partial charge in [-0.3, -0.25) is 13.6 Å². The molecule has 0 aromatic heterocycles. The van der Waals surface area contributed by atoms with Gasteiger partial charge in [0, 0.05) is 11.5 Å². The lowest BCUT2D eigenvalue weighted by Gasteiger charge is -2.23. The van der Waals surface area contributed by atoms with Crippen molar-refractivity contribution in [1.82, 2.24) is 0 Å². The van der Waals surface area contributed by atoms with Crippen molar-refractivity contribution in [3.05, 3.63) is 0 Å². The van der Waals surface area contributed by atoms with Crippen LogP contribution in [0.15, 0.2) is 0 Å². The largest absolute Gasteiger partial charge is 0.481 e. The summed E-state index contributed by atoms with van der Waals surface area (Å²) in [7, 11) is -3.80. The highest BCUT2D eigenvalue weighted by molar-refractivity contribution is 8.89. The molecule has 0 aromatic carbocycles. The maximum Gasteiger partial charge on any atom is 0.481 e. The first-order valence-electron chi connectivity index (χ1n) is 9.44. The van der Waals surface area contributed by atoms with Crippen LogP contribution in [0.4, 0.5) is 0 Å². The molecule has 0 aliphatic carbocycles. The van der Waals surface area contributed by atoms with Gasteiger partial charge in [-0.25, -0.2) is 8.88 Å². The van der Waals surface area contributed by atoms with Gasteiger partial charge < -0.3 is 0 Å². The van der Waals surface area contributed by atoms with Gasteiger partial charge in [0.15, 0.2) is 0 Å². The lowest BCUT2D eigenvalue weighted by atomic mass is 10.4. The zero-order chi connectivity index (χ0) is 19.0. The zero-order valence-corrected chi connectivity index (χ0v) is 19.7. The average Bonchev–Trinajstić information content (AvgIpc) is 2.56. The highest BCUT2D eigenvalue weighted by atomic mass is 33.1. The maximum absolute atomic E-state index is 13.2. The topological polar surface area (TPSA) is 61.8 Å². The van der Waals surface area contributed by atoms with E-state index in [1.165, 1.54) is 22.8 Å². The Morgan fingerprint density at radius 2 is 1.08 bits per heavy atom. The molecule has 5 nitrogen and oxygen atoms in total. The van der Waals surface area contributed by atoms with Crippen molar-refractivity contribution < 1.29 is 22.5 Å². The summed E-state index contributed by atoms with van der Waals surface area (Å²) in [5.41, 5.74) is 0. The summed E-state index contributed by atoms with van der Waals surface area (Å²) in [4.78, 5) is 0. The molecule has 0 aromatic rings. The Bertz CT molecular complexity index is 346. The van der Waals surface area contributed by atoms with Gasteiger partial charge >= 0.3 is 13.6 Å². The molecular weight excluding hydrogens is 398 g/mol. The van der Waals surface area contributed by atoms with Crippen molar-refractivity contribution in [2.45, 2.75) is 79.1 Å². The fourth-order valence-electron chi connectivity index (χ4n) is 1.57. The number of hydrogen-bond acceptors (Lipinski definition) is 7. The first-order chi connectivity index (χ1) is 11.9. The Balaban J connectivity index is 4.97. The van der Waals surface area contributed by atoms with E-state index in [0.717, 1.165) is 62.9 Å². The van der Waals surface area contributed by atoms with E-state index >= 15 is 0 Å². The fourth-order valence-corrected chi connectivity index (χ4v) is 12.1. The number of phosphoric acid groups is 1. The van der Waals surface area contributed by atoms with Gasteiger partial charge in [-0.15, -0.1) is 0 Å². The minimum absolute atomic E-state index is 0.291. The summed E-state index contributed by atoms with van der Waals surface area (Å²) in [5, 5.41) is 0. The van der Waals surface area contributed by atoms with Crippen molar-refractivity contribution in [3.63, 3.8) is 0 Å². The van der Waals surface area contributed by atoms with Crippen molar-refractivity contribution in [3.8, 4) is 0 Å². The van der Waals surface area contributed by atoms with Crippen LogP contribution in [0, 0.1) is 0 Å². The van der Waals surface area contributed by atoms with Gasteiger partial charge in [0.25, 0.3) is 0 Å². The molecule has 0 atom stereocenters. The molecule has 9 heteroatoms. The standard InChI is InChI=1S/C16H36O5P2S2/c1-5-9-13-19-22(17,20-14-10-6-2)21-23(18,24-15-11-7-3)25-16-12-8-4/h5-16H2,1-4H3. The van der Waals surface area contributed by atoms with E-state index in [1.54, 1.807) is 0 Å². The molecule has 0 fully saturated rings. The van der Waals surface area contributed by atoms with Crippen LogP contribution in [0.1, 0.15) is 79.1 Å². The normalized spacial score (nSPS) is 12.6. The molecule has 0 spiro atoms. The lowest BCUT2D eigenvalue weighted by molar-refractivity contribution is 0.155. The van der Waals surface area contributed by atoms with Crippen LogP contribution in [0.25, 0.3) is 0 Å². The number of phosphoric ester groups is 1. The molecule has 0 N–H and O–H groups in total. The maximum atomic E-state index is 13.2. The molecule has 25 heavy (non-hydrogen) atoms. The van der Waals surface area contributed by atoms with Crippen LogP contribution >= 0.6 is 36.4 Å². The van der Waals surface area contributed by atoms with Crippen LogP contribution in [0.5, 0.6) is 0 Å². The third kappa shape index (κ3) is 13.8. The van der Waals surface area contributed by atoms with Crippen molar-refractivity contribution >= 4 is 36.4 Å². The molecule has 0 radical (unpaired) electrons.